The van der Waals surface area contributed by atoms with Crippen molar-refractivity contribution in [2.75, 3.05) is 6.54 Å². The summed E-state index contributed by atoms with van der Waals surface area (Å²) in [6.45, 7) is 0.591. The quantitative estimate of drug-likeness (QED) is 0.526. The number of hydrogen-bond donors (Lipinski definition) is 1. The summed E-state index contributed by atoms with van der Waals surface area (Å²) in [5, 5.41) is 13.5. The van der Waals surface area contributed by atoms with Gasteiger partial charge in [0.15, 0.2) is 0 Å². The Morgan fingerprint density at radius 3 is 2.89 bits per heavy atom. The van der Waals surface area contributed by atoms with E-state index in [4.69, 9.17) is 11.6 Å². The minimum absolute atomic E-state index is 0.0122. The van der Waals surface area contributed by atoms with Gasteiger partial charge in [0.25, 0.3) is 5.91 Å². The molecule has 0 aromatic carbocycles. The summed E-state index contributed by atoms with van der Waals surface area (Å²) >= 11 is 6.89. The van der Waals surface area contributed by atoms with Gasteiger partial charge in [-0.15, -0.1) is 11.6 Å². The van der Waals surface area contributed by atoms with Crippen LogP contribution in [0.1, 0.15) is 28.9 Å². The monoisotopic (exact) mass is 288 g/mol. The topological polar surface area (TPSA) is 72.2 Å². The third-order valence-corrected chi connectivity index (χ3v) is 4.46. The second-order valence-corrected chi connectivity index (χ2v) is 6.06. The minimum Gasteiger partial charge on any atom is -0.351 e. The van der Waals surface area contributed by atoms with E-state index in [1.54, 1.807) is 0 Å². The van der Waals surface area contributed by atoms with Crippen LogP contribution in [0.2, 0.25) is 0 Å². The molecule has 18 heavy (non-hydrogen) atoms. The van der Waals surface area contributed by atoms with Crippen LogP contribution in [0.4, 0.5) is 5.00 Å². The molecule has 0 bridgehead atoms. The average Bonchev–Trinajstić information content (AvgIpc) is 2.94. The van der Waals surface area contributed by atoms with Crippen LogP contribution in [0.25, 0.3) is 0 Å². The van der Waals surface area contributed by atoms with Gasteiger partial charge in [-0.05, 0) is 31.2 Å². The highest BCUT2D eigenvalue weighted by Gasteiger charge is 2.23. The summed E-state index contributed by atoms with van der Waals surface area (Å²) in [6.07, 6.45) is 2.94. The van der Waals surface area contributed by atoms with Gasteiger partial charge in [0.1, 0.15) is 0 Å². The number of carbonyl (C=O) groups is 1. The van der Waals surface area contributed by atoms with E-state index in [1.165, 1.54) is 12.1 Å². The molecule has 0 aliphatic heterocycles. The zero-order chi connectivity index (χ0) is 13.1. The summed E-state index contributed by atoms with van der Waals surface area (Å²) in [5.74, 6) is 0.178. The molecule has 1 aliphatic rings. The van der Waals surface area contributed by atoms with Gasteiger partial charge in [-0.3, -0.25) is 14.9 Å². The maximum absolute atomic E-state index is 11.8. The summed E-state index contributed by atoms with van der Waals surface area (Å²) in [7, 11) is 0. The Labute approximate surface area is 113 Å². The first kappa shape index (κ1) is 13.3. The van der Waals surface area contributed by atoms with Crippen molar-refractivity contribution >= 4 is 33.8 Å². The first-order valence-corrected chi connectivity index (χ1v) is 6.98. The summed E-state index contributed by atoms with van der Waals surface area (Å²) < 4.78 is 0. The molecule has 1 aliphatic carbocycles. The number of thiophene rings is 1. The van der Waals surface area contributed by atoms with Crippen molar-refractivity contribution in [3.05, 3.63) is 27.1 Å². The van der Waals surface area contributed by atoms with Crippen LogP contribution < -0.4 is 5.32 Å². The Balaban J connectivity index is 1.85. The number of carbonyl (C=O) groups excluding carboxylic acids is 1. The standard InChI is InChI=1S/C11H13ClN2O3S/c12-8-2-1-7(5-8)6-13-11(15)9-3-4-10(18-9)14(16)17/h3-4,7-8H,1-2,5-6H2,(H,13,15). The fourth-order valence-corrected chi connectivity index (χ4v) is 3.19. The second kappa shape index (κ2) is 5.67. The van der Waals surface area contributed by atoms with Crippen molar-refractivity contribution in [2.24, 2.45) is 5.92 Å². The first-order chi connectivity index (χ1) is 8.56. The lowest BCUT2D eigenvalue weighted by Gasteiger charge is -2.09. The van der Waals surface area contributed by atoms with Crippen LogP contribution in [-0.4, -0.2) is 22.8 Å². The van der Waals surface area contributed by atoms with E-state index >= 15 is 0 Å². The first-order valence-electron chi connectivity index (χ1n) is 5.72. The van der Waals surface area contributed by atoms with E-state index in [1.807, 2.05) is 0 Å². The Hall–Kier alpha value is -1.14. The van der Waals surface area contributed by atoms with Crippen molar-refractivity contribution < 1.29 is 9.72 Å². The molecule has 98 valence electrons. The van der Waals surface area contributed by atoms with Crippen LogP contribution in [-0.2, 0) is 0 Å². The predicted molar refractivity (Wildman–Crippen MR) is 70.3 cm³/mol. The van der Waals surface area contributed by atoms with Gasteiger partial charge in [-0.25, -0.2) is 0 Å². The van der Waals surface area contributed by atoms with Gasteiger partial charge < -0.3 is 5.32 Å². The van der Waals surface area contributed by atoms with Crippen molar-refractivity contribution in [3.63, 3.8) is 0 Å². The molecule has 1 fully saturated rings. The Morgan fingerprint density at radius 2 is 2.33 bits per heavy atom. The van der Waals surface area contributed by atoms with E-state index in [-0.39, 0.29) is 16.3 Å². The van der Waals surface area contributed by atoms with Gasteiger partial charge in [0, 0.05) is 18.0 Å². The Kier molecular flexibility index (Phi) is 4.19. The number of rotatable bonds is 4. The average molecular weight is 289 g/mol. The van der Waals surface area contributed by atoms with E-state index in [2.05, 4.69) is 5.32 Å². The summed E-state index contributed by atoms with van der Waals surface area (Å²) in [5.41, 5.74) is 0. The number of hydrogen-bond acceptors (Lipinski definition) is 4. The third-order valence-electron chi connectivity index (χ3n) is 3.02. The van der Waals surface area contributed by atoms with Gasteiger partial charge in [0.05, 0.1) is 9.80 Å². The molecular formula is C11H13ClN2O3S. The van der Waals surface area contributed by atoms with E-state index < -0.39 is 4.92 Å². The van der Waals surface area contributed by atoms with Crippen molar-refractivity contribution in [1.29, 1.82) is 0 Å². The highest BCUT2D eigenvalue weighted by Crippen LogP contribution is 2.29. The summed E-state index contributed by atoms with van der Waals surface area (Å²) in [4.78, 5) is 22.2. The summed E-state index contributed by atoms with van der Waals surface area (Å²) in [6, 6.07) is 2.83. The van der Waals surface area contributed by atoms with Gasteiger partial charge in [0.2, 0.25) is 0 Å². The van der Waals surface area contributed by atoms with Gasteiger partial charge >= 0.3 is 5.00 Å². The molecule has 5 nitrogen and oxygen atoms in total. The van der Waals surface area contributed by atoms with Crippen LogP contribution in [0.3, 0.4) is 0 Å². The lowest BCUT2D eigenvalue weighted by atomic mass is 10.1. The number of alkyl halides is 1. The fraction of sp³-hybridized carbons (Fsp3) is 0.545. The molecule has 2 atom stereocenters. The number of nitrogens with one attached hydrogen (secondary N) is 1. The highest BCUT2D eigenvalue weighted by molar-refractivity contribution is 7.17. The predicted octanol–water partition coefficient (Wildman–Crippen LogP) is 2.79. The molecule has 2 unspecified atom stereocenters. The minimum atomic E-state index is -0.490. The van der Waals surface area contributed by atoms with Crippen LogP contribution >= 0.6 is 22.9 Å². The number of amides is 1. The maximum Gasteiger partial charge on any atom is 0.324 e. The molecule has 1 aromatic heterocycles. The van der Waals surface area contributed by atoms with Gasteiger partial charge in [-0.1, -0.05) is 11.3 Å². The van der Waals surface area contributed by atoms with Crippen molar-refractivity contribution in [2.45, 2.75) is 24.6 Å². The van der Waals surface area contributed by atoms with E-state index in [0.717, 1.165) is 30.6 Å². The molecule has 7 heteroatoms. The van der Waals surface area contributed by atoms with E-state index in [9.17, 15) is 14.9 Å². The largest absolute Gasteiger partial charge is 0.351 e. The lowest BCUT2D eigenvalue weighted by Crippen LogP contribution is -2.27. The third kappa shape index (κ3) is 3.20. The Morgan fingerprint density at radius 1 is 1.56 bits per heavy atom. The number of nitrogens with zero attached hydrogens (tertiary/aromatic N) is 1. The molecule has 1 saturated carbocycles. The van der Waals surface area contributed by atoms with Crippen LogP contribution in [0, 0.1) is 16.0 Å². The SMILES string of the molecule is O=C(NCC1CCC(Cl)C1)c1ccc([N+](=O)[O-])s1. The van der Waals surface area contributed by atoms with Gasteiger partial charge in [-0.2, -0.15) is 0 Å². The van der Waals surface area contributed by atoms with Crippen molar-refractivity contribution in [1.82, 2.24) is 5.32 Å². The molecule has 0 spiro atoms. The fourth-order valence-electron chi connectivity index (χ4n) is 2.07. The number of halogens is 1. The highest BCUT2D eigenvalue weighted by atomic mass is 35.5. The Bertz CT molecular complexity index is 463. The van der Waals surface area contributed by atoms with E-state index in [0.29, 0.717) is 17.3 Å². The molecule has 1 amide bonds. The second-order valence-electron chi connectivity index (χ2n) is 4.38. The normalized spacial score (nSPS) is 22.9. The molecule has 0 radical (unpaired) electrons. The molecule has 1 heterocycles. The molecule has 1 aromatic rings. The zero-order valence-corrected chi connectivity index (χ0v) is 11.2. The maximum atomic E-state index is 11.8. The molecule has 1 N–H and O–H groups in total. The van der Waals surface area contributed by atoms with Crippen LogP contribution in [0.5, 0.6) is 0 Å². The number of nitro groups is 1. The van der Waals surface area contributed by atoms with Crippen molar-refractivity contribution in [3.8, 4) is 0 Å². The molecular weight excluding hydrogens is 276 g/mol. The molecule has 0 saturated heterocycles. The smallest absolute Gasteiger partial charge is 0.324 e. The zero-order valence-electron chi connectivity index (χ0n) is 9.60. The lowest BCUT2D eigenvalue weighted by molar-refractivity contribution is -0.380. The van der Waals surface area contributed by atoms with Crippen LogP contribution in [0.15, 0.2) is 12.1 Å². The molecule has 2 rings (SSSR count).